The number of nitrogens with zero attached hydrogens (tertiary/aromatic N) is 2. The first kappa shape index (κ1) is 18.6. The first-order valence-corrected chi connectivity index (χ1v) is 9.44. The van der Waals surface area contributed by atoms with Crippen LogP contribution in [0.2, 0.25) is 5.02 Å². The molecule has 0 radical (unpaired) electrons. The zero-order valence-corrected chi connectivity index (χ0v) is 15.5. The van der Waals surface area contributed by atoms with Crippen molar-refractivity contribution in [3.8, 4) is 0 Å². The molecule has 138 valence electrons. The summed E-state index contributed by atoms with van der Waals surface area (Å²) in [5.74, 6) is 0.892. The molecule has 0 unspecified atom stereocenters. The van der Waals surface area contributed by atoms with Crippen molar-refractivity contribution in [2.75, 3.05) is 13.1 Å². The smallest absolute Gasteiger partial charge is 0.263 e. The number of ketones is 1. The molecule has 5 nitrogen and oxygen atoms in total. The second-order valence-corrected chi connectivity index (χ2v) is 7.22. The largest absolute Gasteiger partial charge is 0.442 e. The number of carbonyl (C=O) groups excluding carboxylic acids is 2. The maximum absolute atomic E-state index is 12.4. The second kappa shape index (κ2) is 8.99. The molecule has 1 aromatic heterocycles. The molecule has 1 amide bonds. The molecule has 1 saturated heterocycles. The van der Waals surface area contributed by atoms with E-state index in [4.69, 9.17) is 16.0 Å². The molecule has 0 saturated carbocycles. The zero-order valence-electron chi connectivity index (χ0n) is 14.7. The van der Waals surface area contributed by atoms with Gasteiger partial charge < -0.3 is 9.32 Å². The predicted molar refractivity (Wildman–Crippen MR) is 99.1 cm³/mol. The number of halogens is 1. The van der Waals surface area contributed by atoms with Crippen molar-refractivity contribution in [3.63, 3.8) is 0 Å². The highest BCUT2D eigenvalue weighted by Crippen LogP contribution is 2.24. The van der Waals surface area contributed by atoms with Gasteiger partial charge in [-0.3, -0.25) is 9.59 Å². The Morgan fingerprint density at radius 1 is 1.27 bits per heavy atom. The van der Waals surface area contributed by atoms with E-state index in [1.54, 1.807) is 0 Å². The van der Waals surface area contributed by atoms with Crippen LogP contribution in [0, 0.1) is 5.92 Å². The highest BCUT2D eigenvalue weighted by Gasteiger charge is 2.23. The molecular formula is C20H23ClN2O3. The van der Waals surface area contributed by atoms with Gasteiger partial charge in [-0.2, -0.15) is 0 Å². The average molecular weight is 375 g/mol. The summed E-state index contributed by atoms with van der Waals surface area (Å²) < 4.78 is 5.02. The topological polar surface area (TPSA) is 63.4 Å². The Kier molecular flexibility index (Phi) is 6.45. The van der Waals surface area contributed by atoms with Crippen molar-refractivity contribution in [1.82, 2.24) is 9.88 Å². The van der Waals surface area contributed by atoms with Gasteiger partial charge in [-0.25, -0.2) is 4.98 Å². The molecule has 1 aromatic carbocycles. The Labute approximate surface area is 158 Å². The average Bonchev–Trinajstić information content (AvgIpc) is 3.17. The summed E-state index contributed by atoms with van der Waals surface area (Å²) in [4.78, 5) is 30.1. The number of hydrogen-bond acceptors (Lipinski definition) is 4. The number of oxazole rings is 1. The fourth-order valence-electron chi connectivity index (χ4n) is 3.42. The minimum atomic E-state index is -0.0378. The molecule has 26 heavy (non-hydrogen) atoms. The Morgan fingerprint density at radius 3 is 2.77 bits per heavy atom. The number of carbonyl (C=O) groups is 2. The van der Waals surface area contributed by atoms with Crippen LogP contribution in [0.1, 0.15) is 48.4 Å². The van der Waals surface area contributed by atoms with Crippen LogP contribution in [0.15, 0.2) is 41.1 Å². The molecule has 3 rings (SSSR count). The molecule has 6 heteroatoms. The van der Waals surface area contributed by atoms with Crippen molar-refractivity contribution >= 4 is 23.3 Å². The molecular weight excluding hydrogens is 352 g/mol. The number of benzene rings is 1. The van der Waals surface area contributed by atoms with E-state index in [1.165, 1.54) is 12.5 Å². The van der Waals surface area contributed by atoms with Gasteiger partial charge in [0.2, 0.25) is 11.7 Å². The van der Waals surface area contributed by atoms with Gasteiger partial charge in [0.25, 0.3) is 5.89 Å². The number of amides is 1. The van der Waals surface area contributed by atoms with Gasteiger partial charge in [0, 0.05) is 24.5 Å². The number of rotatable bonds is 7. The summed E-state index contributed by atoms with van der Waals surface area (Å²) in [7, 11) is 0. The van der Waals surface area contributed by atoms with Gasteiger partial charge in [-0.15, -0.1) is 0 Å². The predicted octanol–water partition coefficient (Wildman–Crippen LogP) is 4.16. The molecule has 0 spiro atoms. The first-order valence-electron chi connectivity index (χ1n) is 9.07. The Bertz CT molecular complexity index is 737. The maximum atomic E-state index is 12.4. The fourth-order valence-corrected chi connectivity index (χ4v) is 3.64. The van der Waals surface area contributed by atoms with Crippen LogP contribution in [0.5, 0.6) is 0 Å². The van der Waals surface area contributed by atoms with Gasteiger partial charge in [0.05, 0.1) is 12.6 Å². The van der Waals surface area contributed by atoms with E-state index in [0.717, 1.165) is 44.3 Å². The molecule has 1 aliphatic rings. The summed E-state index contributed by atoms with van der Waals surface area (Å²) in [5, 5.41) is 0.660. The van der Waals surface area contributed by atoms with Gasteiger partial charge in [0.1, 0.15) is 6.26 Å². The van der Waals surface area contributed by atoms with Gasteiger partial charge in [0.15, 0.2) is 0 Å². The van der Waals surface area contributed by atoms with Crippen molar-refractivity contribution in [1.29, 1.82) is 0 Å². The minimum absolute atomic E-state index is 0.0378. The van der Waals surface area contributed by atoms with E-state index in [2.05, 4.69) is 4.98 Å². The van der Waals surface area contributed by atoms with Crippen molar-refractivity contribution < 1.29 is 14.0 Å². The van der Waals surface area contributed by atoms with Crippen LogP contribution in [-0.2, 0) is 11.2 Å². The van der Waals surface area contributed by atoms with E-state index < -0.39 is 0 Å². The minimum Gasteiger partial charge on any atom is -0.442 e. The molecule has 0 N–H and O–H groups in total. The van der Waals surface area contributed by atoms with Crippen LogP contribution in [-0.4, -0.2) is 34.7 Å². The molecule has 0 bridgehead atoms. The van der Waals surface area contributed by atoms with E-state index in [9.17, 15) is 9.59 Å². The summed E-state index contributed by atoms with van der Waals surface area (Å²) in [6.07, 6.45) is 7.60. The SMILES string of the molecule is O=C(CCCC1CCN(C(=O)Cc2cccc(Cl)c2)CC1)c1ncco1. The monoisotopic (exact) mass is 374 g/mol. The highest BCUT2D eigenvalue weighted by atomic mass is 35.5. The van der Waals surface area contributed by atoms with Crippen molar-refractivity contribution in [2.45, 2.75) is 38.5 Å². The second-order valence-electron chi connectivity index (χ2n) is 6.78. The molecule has 2 aromatic rings. The summed E-state index contributed by atoms with van der Waals surface area (Å²) in [6, 6.07) is 7.46. The van der Waals surface area contributed by atoms with E-state index >= 15 is 0 Å². The lowest BCUT2D eigenvalue weighted by Gasteiger charge is -2.32. The highest BCUT2D eigenvalue weighted by molar-refractivity contribution is 6.30. The number of aromatic nitrogens is 1. The fraction of sp³-hybridized carbons (Fsp3) is 0.450. The van der Waals surface area contributed by atoms with E-state index in [1.807, 2.05) is 29.2 Å². The van der Waals surface area contributed by atoms with Gasteiger partial charge >= 0.3 is 0 Å². The lowest BCUT2D eigenvalue weighted by molar-refractivity contribution is -0.131. The Morgan fingerprint density at radius 2 is 2.08 bits per heavy atom. The quantitative estimate of drug-likeness (QED) is 0.682. The van der Waals surface area contributed by atoms with Crippen LogP contribution in [0.3, 0.4) is 0 Å². The standard InChI is InChI=1S/C20H23ClN2O3/c21-17-5-1-4-16(13-17)14-19(25)23-10-7-15(8-11-23)3-2-6-18(24)20-22-9-12-26-20/h1,4-5,9,12-13,15H,2-3,6-8,10-11,14H2. The lowest BCUT2D eigenvalue weighted by atomic mass is 9.91. The van der Waals surface area contributed by atoms with Crippen molar-refractivity contribution in [3.05, 3.63) is 53.2 Å². The molecule has 1 aliphatic heterocycles. The van der Waals surface area contributed by atoms with Crippen LogP contribution < -0.4 is 0 Å². The van der Waals surface area contributed by atoms with Crippen LogP contribution in [0.25, 0.3) is 0 Å². The Balaban J connectivity index is 1.37. The molecule has 0 aliphatic carbocycles. The van der Waals surface area contributed by atoms with E-state index in [-0.39, 0.29) is 17.6 Å². The first-order chi connectivity index (χ1) is 12.6. The van der Waals surface area contributed by atoms with Crippen molar-refractivity contribution in [2.24, 2.45) is 5.92 Å². The number of piperidine rings is 1. The third-order valence-corrected chi connectivity index (χ3v) is 5.13. The van der Waals surface area contributed by atoms with Crippen LogP contribution in [0.4, 0.5) is 0 Å². The Hall–Kier alpha value is -2.14. The van der Waals surface area contributed by atoms with Crippen LogP contribution >= 0.6 is 11.6 Å². The summed E-state index contributed by atoms with van der Waals surface area (Å²) in [5.41, 5.74) is 0.953. The molecule has 0 atom stereocenters. The third-order valence-electron chi connectivity index (χ3n) is 4.90. The maximum Gasteiger partial charge on any atom is 0.263 e. The number of likely N-dealkylation sites (tertiary alicyclic amines) is 1. The number of hydrogen-bond donors (Lipinski definition) is 0. The lowest BCUT2D eigenvalue weighted by Crippen LogP contribution is -2.39. The molecule has 1 fully saturated rings. The zero-order chi connectivity index (χ0) is 18.4. The van der Waals surface area contributed by atoms with Gasteiger partial charge in [-0.1, -0.05) is 23.7 Å². The molecule has 2 heterocycles. The number of Topliss-reactive ketones (excluding diaryl/α,β-unsaturated/α-hetero) is 1. The normalized spacial score (nSPS) is 15.2. The van der Waals surface area contributed by atoms with E-state index in [0.29, 0.717) is 23.8 Å². The summed E-state index contributed by atoms with van der Waals surface area (Å²) >= 11 is 5.98. The van der Waals surface area contributed by atoms with Gasteiger partial charge in [-0.05, 0) is 49.3 Å². The third kappa shape index (κ3) is 5.18. The summed E-state index contributed by atoms with van der Waals surface area (Å²) in [6.45, 7) is 1.58.